The van der Waals surface area contributed by atoms with Crippen LogP contribution < -0.4 is 15.5 Å². The smallest absolute Gasteiger partial charge is 0.298 e. The third-order valence-electron chi connectivity index (χ3n) is 4.20. The maximum Gasteiger partial charge on any atom is 0.298 e. The summed E-state index contributed by atoms with van der Waals surface area (Å²) in [6, 6.07) is 6.70. The molecule has 1 fully saturated rings. The number of carbonyl (C=O) groups excluding carboxylic acids is 1. The van der Waals surface area contributed by atoms with Crippen molar-refractivity contribution >= 4 is 33.5 Å². The molecule has 3 aromatic rings. The average molecular weight is 357 g/mol. The highest BCUT2D eigenvalue weighted by Gasteiger charge is 2.18. The highest BCUT2D eigenvalue weighted by Crippen LogP contribution is 2.19. The van der Waals surface area contributed by atoms with Crippen LogP contribution in [0.4, 0.5) is 6.01 Å². The Hall–Kier alpha value is -2.45. The van der Waals surface area contributed by atoms with Crippen LogP contribution in [0.2, 0.25) is 0 Å². The second-order valence-electron chi connectivity index (χ2n) is 5.90. The molecule has 1 saturated heterocycles. The van der Waals surface area contributed by atoms with Crippen LogP contribution in [-0.4, -0.2) is 48.6 Å². The first kappa shape index (κ1) is 16.0. The Kier molecular flexibility index (Phi) is 4.62. The van der Waals surface area contributed by atoms with Crippen molar-refractivity contribution < 1.29 is 9.21 Å². The van der Waals surface area contributed by atoms with E-state index in [1.165, 1.54) is 16.5 Å². The van der Waals surface area contributed by atoms with Crippen LogP contribution in [0.15, 0.2) is 34.3 Å². The van der Waals surface area contributed by atoms with Gasteiger partial charge >= 0.3 is 0 Å². The van der Waals surface area contributed by atoms with Gasteiger partial charge < -0.3 is 20.0 Å². The van der Waals surface area contributed by atoms with Crippen molar-refractivity contribution in [1.82, 2.24) is 20.6 Å². The summed E-state index contributed by atoms with van der Waals surface area (Å²) in [5.41, 5.74) is 4.03. The first-order valence-electron chi connectivity index (χ1n) is 8.31. The molecule has 1 aliphatic heterocycles. The van der Waals surface area contributed by atoms with Crippen LogP contribution in [-0.2, 0) is 6.42 Å². The lowest BCUT2D eigenvalue weighted by atomic mass is 10.1. The summed E-state index contributed by atoms with van der Waals surface area (Å²) in [5, 5.41) is 6.16. The number of carbonyl (C=O) groups is 1. The van der Waals surface area contributed by atoms with Gasteiger partial charge in [0.2, 0.25) is 5.76 Å². The number of oxazole rings is 1. The van der Waals surface area contributed by atoms with Gasteiger partial charge in [-0.15, -0.1) is 11.3 Å². The minimum absolute atomic E-state index is 0.229. The number of nitrogens with one attached hydrogen (secondary N) is 2. The first-order chi connectivity index (χ1) is 12.3. The Labute approximate surface area is 149 Å². The van der Waals surface area contributed by atoms with Crippen LogP contribution in [0.3, 0.4) is 0 Å². The molecule has 3 heterocycles. The number of hydrogen-bond acceptors (Lipinski definition) is 7. The third-order valence-corrected chi connectivity index (χ3v) is 4.99. The maximum absolute atomic E-state index is 12.2. The second-order valence-corrected chi connectivity index (χ2v) is 6.79. The minimum Gasteiger partial charge on any atom is -0.418 e. The van der Waals surface area contributed by atoms with Gasteiger partial charge in [0.1, 0.15) is 0 Å². The van der Waals surface area contributed by atoms with E-state index in [2.05, 4.69) is 26.7 Å². The summed E-state index contributed by atoms with van der Waals surface area (Å²) in [4.78, 5) is 22.7. The number of nitrogens with zero attached hydrogens (tertiary/aromatic N) is 3. The molecule has 130 valence electrons. The van der Waals surface area contributed by atoms with E-state index in [9.17, 15) is 4.79 Å². The van der Waals surface area contributed by atoms with Crippen LogP contribution >= 0.6 is 11.3 Å². The van der Waals surface area contributed by atoms with E-state index in [1.54, 1.807) is 11.3 Å². The number of thiazole rings is 1. The van der Waals surface area contributed by atoms with Crippen LogP contribution in [0, 0.1) is 0 Å². The van der Waals surface area contributed by atoms with Gasteiger partial charge in [-0.3, -0.25) is 4.79 Å². The van der Waals surface area contributed by atoms with Crippen molar-refractivity contribution in [2.24, 2.45) is 0 Å². The Balaban J connectivity index is 1.31. The zero-order valence-corrected chi connectivity index (χ0v) is 14.5. The maximum atomic E-state index is 12.2. The van der Waals surface area contributed by atoms with Crippen LogP contribution in [0.25, 0.3) is 10.2 Å². The topological polar surface area (TPSA) is 83.3 Å². The number of anilines is 1. The standard InChI is InChI=1S/C17H19N5O2S/c23-16(14-10-20-17(24-14)22-7-5-18-6-8-22)19-4-3-12-1-2-13-15(9-12)25-11-21-13/h1-2,9-11,18H,3-8H2,(H,19,23). The lowest BCUT2D eigenvalue weighted by Gasteiger charge is -2.25. The van der Waals surface area contributed by atoms with E-state index in [-0.39, 0.29) is 11.7 Å². The second kappa shape index (κ2) is 7.20. The Bertz CT molecular complexity index is 869. The zero-order valence-electron chi connectivity index (χ0n) is 13.7. The molecule has 4 rings (SSSR count). The molecular weight excluding hydrogens is 338 g/mol. The molecule has 1 amide bonds. The van der Waals surface area contributed by atoms with E-state index in [0.29, 0.717) is 12.6 Å². The van der Waals surface area contributed by atoms with Gasteiger partial charge in [0.05, 0.1) is 21.9 Å². The third kappa shape index (κ3) is 3.64. The van der Waals surface area contributed by atoms with Gasteiger partial charge in [-0.1, -0.05) is 6.07 Å². The average Bonchev–Trinajstić information content (AvgIpc) is 3.31. The van der Waals surface area contributed by atoms with Crippen molar-refractivity contribution in [1.29, 1.82) is 0 Å². The number of piperazine rings is 1. The molecule has 0 radical (unpaired) electrons. The molecule has 2 N–H and O–H groups in total. The molecule has 7 nitrogen and oxygen atoms in total. The Morgan fingerprint density at radius 1 is 1.32 bits per heavy atom. The molecule has 0 unspecified atom stereocenters. The normalized spacial score (nSPS) is 14.8. The molecule has 25 heavy (non-hydrogen) atoms. The Morgan fingerprint density at radius 2 is 2.20 bits per heavy atom. The summed E-state index contributed by atoms with van der Waals surface area (Å²) in [5.74, 6) is 0.0270. The molecule has 1 aliphatic rings. The lowest BCUT2D eigenvalue weighted by molar-refractivity contribution is 0.0927. The molecular formula is C17H19N5O2S. The van der Waals surface area contributed by atoms with Crippen molar-refractivity contribution in [3.05, 3.63) is 41.2 Å². The fourth-order valence-electron chi connectivity index (χ4n) is 2.83. The van der Waals surface area contributed by atoms with E-state index in [0.717, 1.165) is 38.1 Å². The fraction of sp³-hybridized carbons (Fsp3) is 0.353. The van der Waals surface area contributed by atoms with Gasteiger partial charge in [0, 0.05) is 32.7 Å². The minimum atomic E-state index is -0.229. The predicted molar refractivity (Wildman–Crippen MR) is 97.2 cm³/mol. The van der Waals surface area contributed by atoms with Gasteiger partial charge in [-0.25, -0.2) is 9.97 Å². The number of amides is 1. The van der Waals surface area contributed by atoms with Crippen molar-refractivity contribution in [3.63, 3.8) is 0 Å². The number of rotatable bonds is 5. The molecule has 1 aromatic carbocycles. The van der Waals surface area contributed by atoms with Gasteiger partial charge in [-0.05, 0) is 24.1 Å². The summed E-state index contributed by atoms with van der Waals surface area (Å²) in [6.45, 7) is 4.01. The zero-order chi connectivity index (χ0) is 17.1. The number of benzene rings is 1. The quantitative estimate of drug-likeness (QED) is 0.723. The van der Waals surface area contributed by atoms with Crippen molar-refractivity contribution in [2.45, 2.75) is 6.42 Å². The number of hydrogen-bond donors (Lipinski definition) is 2. The SMILES string of the molecule is O=C(NCCc1ccc2ncsc2c1)c1cnc(N2CCNCC2)o1. The summed E-state index contributed by atoms with van der Waals surface area (Å²) in [7, 11) is 0. The van der Waals surface area contributed by atoms with Gasteiger partial charge in [0.15, 0.2) is 0 Å². The monoisotopic (exact) mass is 357 g/mol. The van der Waals surface area contributed by atoms with E-state index in [1.807, 2.05) is 22.5 Å². The lowest BCUT2D eigenvalue weighted by Crippen LogP contribution is -2.43. The fourth-order valence-corrected chi connectivity index (χ4v) is 3.58. The highest BCUT2D eigenvalue weighted by molar-refractivity contribution is 7.16. The molecule has 0 atom stereocenters. The van der Waals surface area contributed by atoms with Crippen molar-refractivity contribution in [2.75, 3.05) is 37.6 Å². The molecule has 0 spiro atoms. The molecule has 8 heteroatoms. The molecule has 0 saturated carbocycles. The van der Waals surface area contributed by atoms with Crippen LogP contribution in [0.1, 0.15) is 16.1 Å². The highest BCUT2D eigenvalue weighted by atomic mass is 32.1. The van der Waals surface area contributed by atoms with E-state index < -0.39 is 0 Å². The summed E-state index contributed by atoms with van der Waals surface area (Å²) >= 11 is 1.62. The Morgan fingerprint density at radius 3 is 3.08 bits per heavy atom. The van der Waals surface area contributed by atoms with Gasteiger partial charge in [-0.2, -0.15) is 0 Å². The van der Waals surface area contributed by atoms with Crippen LogP contribution in [0.5, 0.6) is 0 Å². The van der Waals surface area contributed by atoms with E-state index in [4.69, 9.17) is 4.42 Å². The number of aromatic nitrogens is 2. The summed E-state index contributed by atoms with van der Waals surface area (Å²) in [6.07, 6.45) is 2.26. The summed E-state index contributed by atoms with van der Waals surface area (Å²) < 4.78 is 6.77. The largest absolute Gasteiger partial charge is 0.418 e. The predicted octanol–water partition coefficient (Wildman–Crippen LogP) is 1.67. The molecule has 2 aromatic heterocycles. The number of fused-ring (bicyclic) bond motifs is 1. The first-order valence-corrected chi connectivity index (χ1v) is 9.19. The van der Waals surface area contributed by atoms with Crippen molar-refractivity contribution in [3.8, 4) is 0 Å². The van der Waals surface area contributed by atoms with E-state index >= 15 is 0 Å². The molecule has 0 aliphatic carbocycles. The van der Waals surface area contributed by atoms with Gasteiger partial charge in [0.25, 0.3) is 11.9 Å². The molecule has 0 bridgehead atoms.